The van der Waals surface area contributed by atoms with Crippen LogP contribution in [0, 0.1) is 12.8 Å². The molecule has 0 spiro atoms. The number of hydrogen-bond acceptors (Lipinski definition) is 5. The number of nitrogens with one attached hydrogen (secondary N) is 2. The molecule has 0 aromatic carbocycles. The van der Waals surface area contributed by atoms with Crippen molar-refractivity contribution in [2.75, 3.05) is 17.3 Å². The number of rotatable bonds is 5. The molecule has 0 radical (unpaired) electrons. The second-order valence-electron chi connectivity index (χ2n) is 4.03. The predicted octanol–water partition coefficient (Wildman–Crippen LogP) is 1.28. The van der Waals surface area contributed by atoms with Gasteiger partial charge in [0.15, 0.2) is 0 Å². The lowest BCUT2D eigenvalue weighted by Gasteiger charge is -2.08. The number of aromatic nitrogens is 2. The quantitative estimate of drug-likeness (QED) is 0.501. The molecule has 1 saturated carbocycles. The molecule has 82 valence electrons. The molecule has 1 aromatic rings. The Bertz CT molecular complexity index is 335. The summed E-state index contributed by atoms with van der Waals surface area (Å²) < 4.78 is 0. The molecule has 0 unspecified atom stereocenters. The summed E-state index contributed by atoms with van der Waals surface area (Å²) in [5.41, 5.74) is 3.49. The molecular formula is C10H17N5. The van der Waals surface area contributed by atoms with Crippen molar-refractivity contribution >= 4 is 11.8 Å². The fourth-order valence-corrected chi connectivity index (χ4v) is 1.49. The Morgan fingerprint density at radius 2 is 2.33 bits per heavy atom. The largest absolute Gasteiger partial charge is 0.370 e. The van der Waals surface area contributed by atoms with Crippen LogP contribution in [0.25, 0.3) is 0 Å². The van der Waals surface area contributed by atoms with Gasteiger partial charge in [0.05, 0.1) is 0 Å². The average Bonchev–Trinajstić information content (AvgIpc) is 3.05. The van der Waals surface area contributed by atoms with Crippen LogP contribution in [0.3, 0.4) is 0 Å². The van der Waals surface area contributed by atoms with Gasteiger partial charge in [-0.2, -0.15) is 4.98 Å². The second-order valence-corrected chi connectivity index (χ2v) is 4.03. The minimum atomic E-state index is 0.453. The minimum absolute atomic E-state index is 0.453. The topological polar surface area (TPSA) is 75.9 Å². The number of hydrogen-bond donors (Lipinski definition) is 3. The first-order valence-corrected chi connectivity index (χ1v) is 5.33. The Kier molecular flexibility index (Phi) is 3.01. The third kappa shape index (κ3) is 2.79. The third-order valence-electron chi connectivity index (χ3n) is 2.64. The monoisotopic (exact) mass is 207 g/mol. The van der Waals surface area contributed by atoms with Gasteiger partial charge >= 0.3 is 0 Å². The smallest absolute Gasteiger partial charge is 0.239 e. The zero-order chi connectivity index (χ0) is 10.7. The summed E-state index contributed by atoms with van der Waals surface area (Å²) in [4.78, 5) is 8.28. The van der Waals surface area contributed by atoms with E-state index >= 15 is 0 Å². The van der Waals surface area contributed by atoms with Gasteiger partial charge in [0.1, 0.15) is 5.82 Å². The van der Waals surface area contributed by atoms with Crippen molar-refractivity contribution in [3.8, 4) is 0 Å². The minimum Gasteiger partial charge on any atom is -0.370 e. The van der Waals surface area contributed by atoms with E-state index in [0.29, 0.717) is 5.95 Å². The van der Waals surface area contributed by atoms with Crippen LogP contribution < -0.4 is 16.6 Å². The summed E-state index contributed by atoms with van der Waals surface area (Å²) in [6.45, 7) is 2.96. The van der Waals surface area contributed by atoms with Gasteiger partial charge in [0.2, 0.25) is 5.95 Å². The van der Waals surface area contributed by atoms with E-state index in [2.05, 4.69) is 20.7 Å². The molecule has 1 heterocycles. The van der Waals surface area contributed by atoms with Crippen molar-refractivity contribution in [2.45, 2.75) is 26.2 Å². The molecule has 0 amide bonds. The number of nitrogen functional groups attached to an aromatic ring is 1. The molecule has 1 aliphatic carbocycles. The lowest BCUT2D eigenvalue weighted by atomic mass is 10.3. The molecule has 1 fully saturated rings. The van der Waals surface area contributed by atoms with Crippen molar-refractivity contribution in [1.29, 1.82) is 0 Å². The summed E-state index contributed by atoms with van der Waals surface area (Å²) in [6, 6.07) is 0. The highest BCUT2D eigenvalue weighted by atomic mass is 15.3. The zero-order valence-electron chi connectivity index (χ0n) is 8.95. The van der Waals surface area contributed by atoms with Crippen LogP contribution in [-0.4, -0.2) is 16.5 Å². The maximum Gasteiger partial charge on any atom is 0.239 e. The van der Waals surface area contributed by atoms with E-state index in [1.54, 1.807) is 6.20 Å². The maximum atomic E-state index is 5.25. The first kappa shape index (κ1) is 10.2. The van der Waals surface area contributed by atoms with E-state index in [1.807, 2.05) is 6.92 Å². The highest BCUT2D eigenvalue weighted by Crippen LogP contribution is 2.32. The lowest BCUT2D eigenvalue weighted by Crippen LogP contribution is -2.13. The summed E-state index contributed by atoms with van der Waals surface area (Å²) in [5, 5.41) is 3.31. The van der Waals surface area contributed by atoms with Gasteiger partial charge < -0.3 is 5.32 Å². The van der Waals surface area contributed by atoms with Crippen LogP contribution in [0.15, 0.2) is 6.20 Å². The van der Waals surface area contributed by atoms with Crippen molar-refractivity contribution in [1.82, 2.24) is 9.97 Å². The lowest BCUT2D eigenvalue weighted by molar-refractivity contribution is 0.757. The molecule has 2 rings (SSSR count). The SMILES string of the molecule is Cc1cnc(NN)nc1NCCC1CC1. The first-order valence-electron chi connectivity index (χ1n) is 5.33. The molecule has 0 saturated heterocycles. The molecular weight excluding hydrogens is 190 g/mol. The summed E-state index contributed by atoms with van der Waals surface area (Å²) in [6.07, 6.45) is 5.77. The molecule has 0 atom stereocenters. The first-order chi connectivity index (χ1) is 7.29. The Morgan fingerprint density at radius 1 is 1.53 bits per heavy atom. The molecule has 5 heteroatoms. The molecule has 15 heavy (non-hydrogen) atoms. The van der Waals surface area contributed by atoms with E-state index in [4.69, 9.17) is 5.84 Å². The van der Waals surface area contributed by atoms with E-state index in [1.165, 1.54) is 19.3 Å². The second kappa shape index (κ2) is 4.44. The van der Waals surface area contributed by atoms with Crippen LogP contribution in [0.2, 0.25) is 0 Å². The zero-order valence-corrected chi connectivity index (χ0v) is 8.95. The number of nitrogens with zero attached hydrogens (tertiary/aromatic N) is 2. The van der Waals surface area contributed by atoms with Crippen molar-refractivity contribution in [3.05, 3.63) is 11.8 Å². The number of nitrogens with two attached hydrogens (primary N) is 1. The molecule has 4 N–H and O–H groups in total. The molecule has 5 nitrogen and oxygen atoms in total. The highest BCUT2D eigenvalue weighted by molar-refractivity contribution is 5.45. The van der Waals surface area contributed by atoms with E-state index in [-0.39, 0.29) is 0 Å². The molecule has 1 aromatic heterocycles. The standard InChI is InChI=1S/C10H17N5/c1-7-6-13-10(15-11)14-9(7)12-5-4-8-2-3-8/h6,8H,2-5,11H2,1H3,(H2,12,13,14,15). The van der Waals surface area contributed by atoms with Crippen molar-refractivity contribution in [2.24, 2.45) is 11.8 Å². The maximum absolute atomic E-state index is 5.25. The van der Waals surface area contributed by atoms with Gasteiger partial charge in [-0.3, -0.25) is 5.43 Å². The van der Waals surface area contributed by atoms with Gasteiger partial charge in [-0.1, -0.05) is 12.8 Å². The Morgan fingerprint density at radius 3 is 3.00 bits per heavy atom. The van der Waals surface area contributed by atoms with Gasteiger partial charge in [0, 0.05) is 18.3 Å². The summed E-state index contributed by atoms with van der Waals surface area (Å²) in [5.74, 6) is 7.52. The Labute approximate surface area is 89.5 Å². The number of hydrazine groups is 1. The summed E-state index contributed by atoms with van der Waals surface area (Å²) in [7, 11) is 0. The fraction of sp³-hybridized carbons (Fsp3) is 0.600. The van der Waals surface area contributed by atoms with E-state index in [9.17, 15) is 0 Å². The van der Waals surface area contributed by atoms with Crippen LogP contribution in [0.4, 0.5) is 11.8 Å². The summed E-state index contributed by atoms with van der Waals surface area (Å²) >= 11 is 0. The average molecular weight is 207 g/mol. The normalized spacial score (nSPS) is 15.1. The van der Waals surface area contributed by atoms with Gasteiger partial charge in [0.25, 0.3) is 0 Å². The van der Waals surface area contributed by atoms with Crippen molar-refractivity contribution < 1.29 is 0 Å². The van der Waals surface area contributed by atoms with Gasteiger partial charge in [-0.05, 0) is 19.3 Å². The van der Waals surface area contributed by atoms with E-state index < -0.39 is 0 Å². The van der Waals surface area contributed by atoms with Crippen LogP contribution in [0.1, 0.15) is 24.8 Å². The fourth-order valence-electron chi connectivity index (χ4n) is 1.49. The number of anilines is 2. The third-order valence-corrected chi connectivity index (χ3v) is 2.64. The van der Waals surface area contributed by atoms with Crippen molar-refractivity contribution in [3.63, 3.8) is 0 Å². The van der Waals surface area contributed by atoms with Crippen LogP contribution >= 0.6 is 0 Å². The Balaban J connectivity index is 1.92. The van der Waals surface area contributed by atoms with Gasteiger partial charge in [-0.25, -0.2) is 10.8 Å². The van der Waals surface area contributed by atoms with Gasteiger partial charge in [-0.15, -0.1) is 0 Å². The van der Waals surface area contributed by atoms with Crippen LogP contribution in [-0.2, 0) is 0 Å². The number of aryl methyl sites for hydroxylation is 1. The van der Waals surface area contributed by atoms with Crippen LogP contribution in [0.5, 0.6) is 0 Å². The molecule has 0 aliphatic heterocycles. The predicted molar refractivity (Wildman–Crippen MR) is 60.4 cm³/mol. The molecule has 1 aliphatic rings. The molecule has 0 bridgehead atoms. The highest BCUT2D eigenvalue weighted by Gasteiger charge is 2.20. The Hall–Kier alpha value is -1.36. The van der Waals surface area contributed by atoms with E-state index in [0.717, 1.165) is 23.8 Å².